The first kappa shape index (κ1) is 11.2. The van der Waals surface area contributed by atoms with E-state index in [1.54, 1.807) is 6.07 Å². The number of nitrogens with one attached hydrogen (secondary N) is 1. The normalized spacial score (nSPS) is 10.3. The number of amides is 1. The average molecular weight is 209 g/mol. The molecule has 0 fully saturated rings. The van der Waals surface area contributed by atoms with Crippen LogP contribution in [0.15, 0.2) is 36.6 Å². The van der Waals surface area contributed by atoms with Crippen molar-refractivity contribution < 1.29 is 13.9 Å². The first-order valence-corrected chi connectivity index (χ1v) is 4.57. The second-order valence-corrected chi connectivity index (χ2v) is 2.76. The summed E-state index contributed by atoms with van der Waals surface area (Å²) in [6.07, 6.45) is 2.54. The third-order valence-electron chi connectivity index (χ3n) is 1.57. The highest BCUT2D eigenvalue weighted by Crippen LogP contribution is 2.08. The highest BCUT2D eigenvalue weighted by atomic mass is 19.1. The van der Waals surface area contributed by atoms with Crippen LogP contribution in [0, 0.1) is 5.82 Å². The molecule has 3 nitrogen and oxygen atoms in total. The fourth-order valence-corrected chi connectivity index (χ4v) is 0.956. The van der Waals surface area contributed by atoms with Gasteiger partial charge in [0.15, 0.2) is 0 Å². The quantitative estimate of drug-likeness (QED) is 0.610. The summed E-state index contributed by atoms with van der Waals surface area (Å²) in [6, 6.07) is 5.69. The SMILES string of the molecule is CCOC=CC(=O)Nc1cccc(F)c1. The van der Waals surface area contributed by atoms with E-state index in [-0.39, 0.29) is 11.7 Å². The summed E-state index contributed by atoms with van der Waals surface area (Å²) in [6.45, 7) is 2.32. The molecule has 0 aromatic heterocycles. The summed E-state index contributed by atoms with van der Waals surface area (Å²) in [5, 5.41) is 2.50. The lowest BCUT2D eigenvalue weighted by molar-refractivity contribution is -0.112. The number of halogens is 1. The summed E-state index contributed by atoms with van der Waals surface area (Å²) >= 11 is 0. The molecule has 0 saturated carbocycles. The summed E-state index contributed by atoms with van der Waals surface area (Å²) in [5.74, 6) is -0.740. The Hall–Kier alpha value is -1.84. The van der Waals surface area contributed by atoms with Crippen molar-refractivity contribution in [2.45, 2.75) is 6.92 Å². The number of carbonyl (C=O) groups is 1. The minimum absolute atomic E-state index is 0.353. The van der Waals surface area contributed by atoms with E-state index in [4.69, 9.17) is 4.74 Å². The molecule has 4 heteroatoms. The Morgan fingerprint density at radius 3 is 3.07 bits per heavy atom. The van der Waals surface area contributed by atoms with E-state index in [0.29, 0.717) is 12.3 Å². The third kappa shape index (κ3) is 4.26. The van der Waals surface area contributed by atoms with Gasteiger partial charge in [-0.25, -0.2) is 4.39 Å². The Bertz CT molecular complexity index is 363. The lowest BCUT2D eigenvalue weighted by Crippen LogP contribution is -2.08. The van der Waals surface area contributed by atoms with Crippen LogP contribution < -0.4 is 5.32 Å². The van der Waals surface area contributed by atoms with Gasteiger partial charge >= 0.3 is 0 Å². The van der Waals surface area contributed by atoms with E-state index in [2.05, 4.69) is 5.32 Å². The van der Waals surface area contributed by atoms with Crippen LogP contribution in [-0.4, -0.2) is 12.5 Å². The van der Waals surface area contributed by atoms with Gasteiger partial charge in [0.2, 0.25) is 0 Å². The van der Waals surface area contributed by atoms with Crippen LogP contribution in [0.1, 0.15) is 6.92 Å². The summed E-state index contributed by atoms with van der Waals surface area (Å²) in [7, 11) is 0. The Morgan fingerprint density at radius 1 is 1.60 bits per heavy atom. The summed E-state index contributed by atoms with van der Waals surface area (Å²) in [5.41, 5.74) is 0.418. The molecule has 15 heavy (non-hydrogen) atoms. The molecule has 0 heterocycles. The van der Waals surface area contributed by atoms with E-state index in [1.807, 2.05) is 6.92 Å². The first-order valence-electron chi connectivity index (χ1n) is 4.57. The van der Waals surface area contributed by atoms with Crippen molar-refractivity contribution in [3.05, 3.63) is 42.4 Å². The zero-order chi connectivity index (χ0) is 11.1. The van der Waals surface area contributed by atoms with Crippen LogP contribution in [0.4, 0.5) is 10.1 Å². The molecule has 1 N–H and O–H groups in total. The molecule has 0 aliphatic carbocycles. The van der Waals surface area contributed by atoms with Gasteiger partial charge in [-0.2, -0.15) is 0 Å². The average Bonchev–Trinajstić information content (AvgIpc) is 2.18. The number of ether oxygens (including phenoxy) is 1. The van der Waals surface area contributed by atoms with E-state index in [0.717, 1.165) is 0 Å². The molecule has 1 rings (SSSR count). The van der Waals surface area contributed by atoms with Crippen molar-refractivity contribution in [3.8, 4) is 0 Å². The monoisotopic (exact) mass is 209 g/mol. The van der Waals surface area contributed by atoms with Crippen LogP contribution in [0.2, 0.25) is 0 Å². The van der Waals surface area contributed by atoms with E-state index >= 15 is 0 Å². The number of rotatable bonds is 4. The van der Waals surface area contributed by atoms with Gasteiger partial charge in [-0.1, -0.05) is 6.07 Å². The zero-order valence-corrected chi connectivity index (χ0v) is 8.37. The predicted molar refractivity (Wildman–Crippen MR) is 55.8 cm³/mol. The van der Waals surface area contributed by atoms with Gasteiger partial charge in [0.1, 0.15) is 5.82 Å². The molecule has 80 valence electrons. The summed E-state index contributed by atoms with van der Waals surface area (Å²) < 4.78 is 17.6. The molecule has 0 aliphatic heterocycles. The van der Waals surface area contributed by atoms with E-state index < -0.39 is 0 Å². The topological polar surface area (TPSA) is 38.3 Å². The van der Waals surface area contributed by atoms with Crippen molar-refractivity contribution in [3.63, 3.8) is 0 Å². The highest BCUT2D eigenvalue weighted by Gasteiger charge is 1.98. The molecule has 1 aromatic rings. The van der Waals surface area contributed by atoms with Crippen molar-refractivity contribution >= 4 is 11.6 Å². The first-order chi connectivity index (χ1) is 7.22. The fourth-order valence-electron chi connectivity index (χ4n) is 0.956. The van der Waals surface area contributed by atoms with Crippen LogP contribution in [0.3, 0.4) is 0 Å². The molecule has 0 saturated heterocycles. The van der Waals surface area contributed by atoms with Crippen molar-refractivity contribution in [1.29, 1.82) is 0 Å². The molecule has 0 atom stereocenters. The third-order valence-corrected chi connectivity index (χ3v) is 1.57. The Morgan fingerprint density at radius 2 is 2.40 bits per heavy atom. The Balaban J connectivity index is 2.51. The largest absolute Gasteiger partial charge is 0.501 e. The molecule has 0 bridgehead atoms. The van der Waals surface area contributed by atoms with Gasteiger partial charge in [-0.05, 0) is 25.1 Å². The number of benzene rings is 1. The lowest BCUT2D eigenvalue weighted by Gasteiger charge is -2.01. The molecule has 0 aliphatic rings. The maximum Gasteiger partial charge on any atom is 0.251 e. The van der Waals surface area contributed by atoms with Gasteiger partial charge < -0.3 is 10.1 Å². The smallest absolute Gasteiger partial charge is 0.251 e. The van der Waals surface area contributed by atoms with Gasteiger partial charge in [0, 0.05) is 11.8 Å². The van der Waals surface area contributed by atoms with E-state index in [1.165, 1.54) is 30.5 Å². The van der Waals surface area contributed by atoms with Crippen molar-refractivity contribution in [1.82, 2.24) is 0 Å². The zero-order valence-electron chi connectivity index (χ0n) is 8.37. The molecular formula is C11H12FNO2. The number of hydrogen-bond donors (Lipinski definition) is 1. The van der Waals surface area contributed by atoms with Crippen LogP contribution >= 0.6 is 0 Å². The van der Waals surface area contributed by atoms with E-state index in [9.17, 15) is 9.18 Å². The summed E-state index contributed by atoms with van der Waals surface area (Å²) in [4.78, 5) is 11.2. The standard InChI is InChI=1S/C11H12FNO2/c1-2-15-7-6-11(14)13-10-5-3-4-9(12)8-10/h3-8H,2H2,1H3,(H,13,14). The molecule has 1 amide bonds. The van der Waals surface area contributed by atoms with Crippen LogP contribution in [0.5, 0.6) is 0 Å². The Kier molecular flexibility index (Phi) is 4.34. The molecular weight excluding hydrogens is 197 g/mol. The molecule has 0 unspecified atom stereocenters. The van der Waals surface area contributed by atoms with Crippen LogP contribution in [0.25, 0.3) is 0 Å². The molecule has 1 aromatic carbocycles. The predicted octanol–water partition coefficient (Wildman–Crippen LogP) is 2.31. The minimum atomic E-state index is -0.387. The fraction of sp³-hybridized carbons (Fsp3) is 0.182. The number of carbonyl (C=O) groups excluding carboxylic acids is 1. The molecule has 0 radical (unpaired) electrons. The highest BCUT2D eigenvalue weighted by molar-refractivity contribution is 5.99. The van der Waals surface area contributed by atoms with Crippen molar-refractivity contribution in [2.75, 3.05) is 11.9 Å². The second kappa shape index (κ2) is 5.80. The van der Waals surface area contributed by atoms with Gasteiger partial charge in [0.05, 0.1) is 12.9 Å². The lowest BCUT2D eigenvalue weighted by atomic mass is 10.3. The van der Waals surface area contributed by atoms with Gasteiger partial charge in [-0.3, -0.25) is 4.79 Å². The number of anilines is 1. The van der Waals surface area contributed by atoms with Gasteiger partial charge in [-0.15, -0.1) is 0 Å². The van der Waals surface area contributed by atoms with Crippen LogP contribution in [-0.2, 0) is 9.53 Å². The second-order valence-electron chi connectivity index (χ2n) is 2.76. The van der Waals surface area contributed by atoms with Gasteiger partial charge in [0.25, 0.3) is 5.91 Å². The Labute approximate surface area is 87.6 Å². The maximum absolute atomic E-state index is 12.7. The van der Waals surface area contributed by atoms with Crippen molar-refractivity contribution in [2.24, 2.45) is 0 Å². The maximum atomic E-state index is 12.7. The molecule has 0 spiro atoms. The number of hydrogen-bond acceptors (Lipinski definition) is 2. The minimum Gasteiger partial charge on any atom is -0.501 e.